The van der Waals surface area contributed by atoms with Gasteiger partial charge in [0, 0.05) is 24.3 Å². The summed E-state index contributed by atoms with van der Waals surface area (Å²) in [6.45, 7) is 1.32. The van der Waals surface area contributed by atoms with Crippen LogP contribution in [-0.2, 0) is 11.2 Å². The van der Waals surface area contributed by atoms with E-state index in [1.165, 1.54) is 5.56 Å². The summed E-state index contributed by atoms with van der Waals surface area (Å²) in [5.41, 5.74) is 2.37. The predicted octanol–water partition coefficient (Wildman–Crippen LogP) is 1.56. The van der Waals surface area contributed by atoms with Crippen molar-refractivity contribution >= 4 is 11.6 Å². The van der Waals surface area contributed by atoms with Crippen molar-refractivity contribution in [1.29, 1.82) is 0 Å². The van der Waals surface area contributed by atoms with Gasteiger partial charge in [-0.25, -0.2) is 0 Å². The van der Waals surface area contributed by atoms with Crippen molar-refractivity contribution in [2.75, 3.05) is 18.0 Å². The molecule has 2 bridgehead atoms. The molecule has 2 saturated heterocycles. The number of benzene rings is 1. The zero-order chi connectivity index (χ0) is 14.4. The maximum absolute atomic E-state index is 12.7. The normalized spacial score (nSPS) is 31.5. The molecule has 4 heteroatoms. The van der Waals surface area contributed by atoms with Crippen LogP contribution in [0.2, 0.25) is 0 Å². The number of carbonyl (C=O) groups excluding carboxylic acids is 1. The zero-order valence-electron chi connectivity index (χ0n) is 12.2. The molecule has 1 aromatic carbocycles. The van der Waals surface area contributed by atoms with Gasteiger partial charge in [0.2, 0.25) is 5.91 Å². The number of nitrogens with zero attached hydrogens (tertiary/aromatic N) is 2. The number of carbonyl (C=O) groups is 1. The first kappa shape index (κ1) is 13.3. The second kappa shape index (κ2) is 5.11. The summed E-state index contributed by atoms with van der Waals surface area (Å²) in [6, 6.07) is 9.02. The maximum Gasteiger partial charge on any atom is 0.241 e. The minimum absolute atomic E-state index is 0.165. The van der Waals surface area contributed by atoms with Crippen LogP contribution in [0, 0.1) is 0 Å². The lowest BCUT2D eigenvalue weighted by Crippen LogP contribution is -2.49. The predicted molar refractivity (Wildman–Crippen MR) is 81.3 cm³/mol. The molecule has 2 unspecified atom stereocenters. The summed E-state index contributed by atoms with van der Waals surface area (Å²) >= 11 is 0. The van der Waals surface area contributed by atoms with Crippen molar-refractivity contribution in [3.8, 4) is 0 Å². The van der Waals surface area contributed by atoms with E-state index in [1.54, 1.807) is 0 Å². The van der Waals surface area contributed by atoms with Crippen LogP contribution >= 0.6 is 0 Å². The van der Waals surface area contributed by atoms with Gasteiger partial charge in [-0.15, -0.1) is 0 Å². The molecular formula is C17H22N2O2. The van der Waals surface area contributed by atoms with Crippen molar-refractivity contribution in [3.63, 3.8) is 0 Å². The molecule has 21 heavy (non-hydrogen) atoms. The Bertz CT molecular complexity index is 545. The third-order valence-corrected chi connectivity index (χ3v) is 5.37. The highest BCUT2D eigenvalue weighted by molar-refractivity contribution is 5.96. The molecule has 3 heterocycles. The molecule has 112 valence electrons. The van der Waals surface area contributed by atoms with E-state index in [1.807, 2.05) is 17.0 Å². The third-order valence-electron chi connectivity index (χ3n) is 5.37. The van der Waals surface area contributed by atoms with E-state index in [9.17, 15) is 9.90 Å². The summed E-state index contributed by atoms with van der Waals surface area (Å²) in [5, 5.41) is 9.86. The molecule has 0 spiro atoms. The highest BCUT2D eigenvalue weighted by Crippen LogP contribution is 2.36. The number of fused-ring (bicyclic) bond motifs is 3. The van der Waals surface area contributed by atoms with Crippen LogP contribution < -0.4 is 4.90 Å². The Balaban J connectivity index is 1.48. The first-order chi connectivity index (χ1) is 10.2. The van der Waals surface area contributed by atoms with Gasteiger partial charge in [-0.2, -0.15) is 0 Å². The summed E-state index contributed by atoms with van der Waals surface area (Å²) in [7, 11) is 0. The summed E-state index contributed by atoms with van der Waals surface area (Å²) in [4.78, 5) is 17.0. The van der Waals surface area contributed by atoms with Gasteiger partial charge < -0.3 is 10.0 Å². The smallest absolute Gasteiger partial charge is 0.241 e. The molecule has 1 amide bonds. The minimum Gasteiger partial charge on any atom is -0.393 e. The monoisotopic (exact) mass is 286 g/mol. The molecule has 1 aromatic rings. The maximum atomic E-state index is 12.7. The largest absolute Gasteiger partial charge is 0.393 e. The highest BCUT2D eigenvalue weighted by Gasteiger charge is 2.41. The second-order valence-corrected chi connectivity index (χ2v) is 6.61. The van der Waals surface area contributed by atoms with Crippen LogP contribution in [0.4, 0.5) is 5.69 Å². The Labute approximate surface area is 125 Å². The second-order valence-electron chi connectivity index (χ2n) is 6.61. The molecule has 0 saturated carbocycles. The SMILES string of the molecule is O=C(CN1C2CCC1CC(O)C2)N1CCc2ccccc21. The van der Waals surface area contributed by atoms with E-state index in [-0.39, 0.29) is 12.0 Å². The topological polar surface area (TPSA) is 43.8 Å². The van der Waals surface area contributed by atoms with Crippen LogP contribution in [-0.4, -0.2) is 47.2 Å². The number of hydrogen-bond donors (Lipinski definition) is 1. The molecule has 4 nitrogen and oxygen atoms in total. The van der Waals surface area contributed by atoms with Crippen LogP contribution in [0.5, 0.6) is 0 Å². The van der Waals surface area contributed by atoms with Gasteiger partial charge in [0.15, 0.2) is 0 Å². The average Bonchev–Trinajstić information content (AvgIpc) is 2.99. The minimum atomic E-state index is -0.165. The molecule has 0 radical (unpaired) electrons. The molecule has 0 aliphatic carbocycles. The van der Waals surface area contributed by atoms with E-state index < -0.39 is 0 Å². The first-order valence-corrected chi connectivity index (χ1v) is 8.04. The number of rotatable bonds is 2. The zero-order valence-corrected chi connectivity index (χ0v) is 12.2. The van der Waals surface area contributed by atoms with Gasteiger partial charge in [-0.05, 0) is 43.7 Å². The standard InChI is InChI=1S/C17H22N2O2/c20-15-9-13-5-6-14(10-15)19(13)11-17(21)18-8-7-12-3-1-2-4-16(12)18/h1-4,13-15,20H,5-11H2. The van der Waals surface area contributed by atoms with Crippen molar-refractivity contribution in [2.45, 2.75) is 50.3 Å². The Morgan fingerprint density at radius 2 is 1.90 bits per heavy atom. The fraction of sp³-hybridized carbons (Fsp3) is 0.588. The number of anilines is 1. The molecule has 0 aromatic heterocycles. The van der Waals surface area contributed by atoms with Gasteiger partial charge in [0.1, 0.15) is 0 Å². The van der Waals surface area contributed by atoms with E-state index in [2.05, 4.69) is 17.0 Å². The van der Waals surface area contributed by atoms with E-state index in [0.717, 1.165) is 44.3 Å². The third kappa shape index (κ3) is 2.27. The molecule has 2 atom stereocenters. The van der Waals surface area contributed by atoms with E-state index >= 15 is 0 Å². The van der Waals surface area contributed by atoms with Crippen LogP contribution in [0.1, 0.15) is 31.2 Å². The molecule has 3 aliphatic rings. The fourth-order valence-corrected chi connectivity index (χ4v) is 4.34. The number of hydrogen-bond acceptors (Lipinski definition) is 3. The molecule has 4 rings (SSSR count). The Kier molecular flexibility index (Phi) is 3.23. The lowest BCUT2D eigenvalue weighted by molar-refractivity contribution is -0.121. The van der Waals surface area contributed by atoms with E-state index in [0.29, 0.717) is 18.6 Å². The van der Waals surface area contributed by atoms with Gasteiger partial charge in [0.25, 0.3) is 0 Å². The molecular weight excluding hydrogens is 264 g/mol. The van der Waals surface area contributed by atoms with Crippen LogP contribution in [0.25, 0.3) is 0 Å². The Morgan fingerprint density at radius 1 is 1.19 bits per heavy atom. The van der Waals surface area contributed by atoms with Crippen molar-refractivity contribution < 1.29 is 9.90 Å². The lowest BCUT2D eigenvalue weighted by Gasteiger charge is -2.37. The van der Waals surface area contributed by atoms with Gasteiger partial charge in [0.05, 0.1) is 12.6 Å². The Morgan fingerprint density at radius 3 is 2.67 bits per heavy atom. The quantitative estimate of drug-likeness (QED) is 0.897. The number of aliphatic hydroxyl groups excluding tert-OH is 1. The van der Waals surface area contributed by atoms with Crippen molar-refractivity contribution in [3.05, 3.63) is 29.8 Å². The number of para-hydroxylation sites is 1. The van der Waals surface area contributed by atoms with Crippen LogP contribution in [0.15, 0.2) is 24.3 Å². The Hall–Kier alpha value is -1.39. The van der Waals surface area contributed by atoms with E-state index in [4.69, 9.17) is 0 Å². The average molecular weight is 286 g/mol. The van der Waals surface area contributed by atoms with Gasteiger partial charge >= 0.3 is 0 Å². The first-order valence-electron chi connectivity index (χ1n) is 8.04. The highest BCUT2D eigenvalue weighted by atomic mass is 16.3. The summed E-state index contributed by atoms with van der Waals surface area (Å²) in [6.07, 6.45) is 4.73. The summed E-state index contributed by atoms with van der Waals surface area (Å²) in [5.74, 6) is 0.216. The summed E-state index contributed by atoms with van der Waals surface area (Å²) < 4.78 is 0. The lowest BCUT2D eigenvalue weighted by atomic mass is 10.00. The molecule has 3 aliphatic heterocycles. The number of amides is 1. The fourth-order valence-electron chi connectivity index (χ4n) is 4.34. The molecule has 2 fully saturated rings. The molecule has 1 N–H and O–H groups in total. The number of piperidine rings is 1. The van der Waals surface area contributed by atoms with Gasteiger partial charge in [-0.3, -0.25) is 9.69 Å². The number of aliphatic hydroxyl groups is 1. The van der Waals surface area contributed by atoms with Crippen molar-refractivity contribution in [1.82, 2.24) is 4.90 Å². The van der Waals surface area contributed by atoms with Gasteiger partial charge in [-0.1, -0.05) is 18.2 Å². The van der Waals surface area contributed by atoms with Crippen LogP contribution in [0.3, 0.4) is 0 Å². The van der Waals surface area contributed by atoms with Crippen molar-refractivity contribution in [2.24, 2.45) is 0 Å².